The zero-order valence-electron chi connectivity index (χ0n) is 8.58. The third kappa shape index (κ3) is 2.79. The molecule has 0 fully saturated rings. The number of hydrogen-bond acceptors (Lipinski definition) is 4. The smallest absolute Gasteiger partial charge is 0.269 e. The van der Waals surface area contributed by atoms with Gasteiger partial charge in [-0.3, -0.25) is 4.79 Å². The fourth-order valence-corrected chi connectivity index (χ4v) is 1.43. The molecule has 6 heteroatoms. The van der Waals surface area contributed by atoms with Crippen molar-refractivity contribution in [2.75, 3.05) is 7.11 Å². The van der Waals surface area contributed by atoms with Crippen molar-refractivity contribution in [1.82, 2.24) is 9.97 Å². The summed E-state index contributed by atoms with van der Waals surface area (Å²) < 4.78 is 5.21. The number of aromatic nitrogens is 2. The van der Waals surface area contributed by atoms with Gasteiger partial charge in [-0.1, -0.05) is 13.3 Å². The van der Waals surface area contributed by atoms with E-state index in [1.54, 1.807) is 7.11 Å². The molecule has 1 atom stereocenters. The van der Waals surface area contributed by atoms with Crippen LogP contribution in [0.4, 0.5) is 0 Å². The third-order valence-corrected chi connectivity index (χ3v) is 2.72. The van der Waals surface area contributed by atoms with Crippen molar-refractivity contribution in [3.63, 3.8) is 0 Å². The zero-order valence-corrected chi connectivity index (χ0v) is 10.2. The molecule has 0 saturated carbocycles. The second kappa shape index (κ2) is 5.27. The maximum atomic E-state index is 11.3. The van der Waals surface area contributed by atoms with E-state index < -0.39 is 5.56 Å². The highest BCUT2D eigenvalue weighted by molar-refractivity contribution is 9.10. The highest BCUT2D eigenvalue weighted by Crippen LogP contribution is 2.21. The lowest BCUT2D eigenvalue weighted by molar-refractivity contribution is 0.0867. The molecule has 1 unspecified atom stereocenters. The Balaban J connectivity index is 3.09. The molecule has 0 radical (unpaired) electrons. The van der Waals surface area contributed by atoms with Crippen LogP contribution in [-0.4, -0.2) is 22.2 Å². The SMILES string of the molecule is CCCC(OC)c1nc(O)c(Br)c(=O)[nH]1. The van der Waals surface area contributed by atoms with Gasteiger partial charge < -0.3 is 14.8 Å². The maximum Gasteiger partial charge on any atom is 0.269 e. The van der Waals surface area contributed by atoms with E-state index in [2.05, 4.69) is 25.9 Å². The zero-order chi connectivity index (χ0) is 11.4. The molecular formula is C9H13BrN2O3. The standard InChI is InChI=1S/C9H13BrN2O3/c1-3-4-5(15-2)7-11-8(13)6(10)9(14)12-7/h5H,3-4H2,1-2H3,(H2,11,12,13,14). The van der Waals surface area contributed by atoms with Crippen molar-refractivity contribution in [3.05, 3.63) is 20.7 Å². The van der Waals surface area contributed by atoms with Gasteiger partial charge in [0.05, 0.1) is 0 Å². The van der Waals surface area contributed by atoms with Gasteiger partial charge in [0.1, 0.15) is 16.4 Å². The average Bonchev–Trinajstić information content (AvgIpc) is 2.22. The Bertz CT molecular complexity index is 391. The summed E-state index contributed by atoms with van der Waals surface area (Å²) in [6.07, 6.45) is 1.35. The molecular weight excluding hydrogens is 264 g/mol. The fraction of sp³-hybridized carbons (Fsp3) is 0.556. The average molecular weight is 277 g/mol. The molecule has 1 rings (SSSR count). The van der Waals surface area contributed by atoms with E-state index in [1.165, 1.54) is 0 Å². The molecule has 0 amide bonds. The van der Waals surface area contributed by atoms with E-state index in [9.17, 15) is 9.90 Å². The fourth-order valence-electron chi connectivity index (χ4n) is 1.24. The molecule has 0 aliphatic heterocycles. The van der Waals surface area contributed by atoms with Crippen LogP contribution < -0.4 is 5.56 Å². The van der Waals surface area contributed by atoms with Gasteiger partial charge in [-0.15, -0.1) is 0 Å². The van der Waals surface area contributed by atoms with Crippen LogP contribution >= 0.6 is 15.9 Å². The lowest BCUT2D eigenvalue weighted by Crippen LogP contribution is -2.16. The van der Waals surface area contributed by atoms with E-state index in [-0.39, 0.29) is 16.5 Å². The van der Waals surface area contributed by atoms with Gasteiger partial charge in [-0.25, -0.2) is 0 Å². The van der Waals surface area contributed by atoms with Crippen molar-refractivity contribution in [1.29, 1.82) is 0 Å². The number of methoxy groups -OCH3 is 1. The normalized spacial score (nSPS) is 12.7. The highest BCUT2D eigenvalue weighted by Gasteiger charge is 2.15. The van der Waals surface area contributed by atoms with Crippen molar-refractivity contribution < 1.29 is 9.84 Å². The number of H-pyrrole nitrogens is 1. The van der Waals surface area contributed by atoms with Crippen LogP contribution in [-0.2, 0) is 4.74 Å². The molecule has 15 heavy (non-hydrogen) atoms. The lowest BCUT2D eigenvalue weighted by Gasteiger charge is -2.13. The molecule has 0 spiro atoms. The molecule has 5 nitrogen and oxygen atoms in total. The largest absolute Gasteiger partial charge is 0.492 e. The minimum absolute atomic E-state index is 0.0394. The number of nitrogens with zero attached hydrogens (tertiary/aromatic N) is 1. The van der Waals surface area contributed by atoms with Gasteiger partial charge in [0.15, 0.2) is 0 Å². The Hall–Kier alpha value is -0.880. The van der Waals surface area contributed by atoms with E-state index in [1.807, 2.05) is 6.92 Å². The van der Waals surface area contributed by atoms with Gasteiger partial charge in [0.2, 0.25) is 5.88 Å². The Labute approximate surface area is 95.6 Å². The molecule has 1 aromatic rings. The summed E-state index contributed by atoms with van der Waals surface area (Å²) in [7, 11) is 1.54. The molecule has 2 N–H and O–H groups in total. The van der Waals surface area contributed by atoms with Crippen molar-refractivity contribution in [2.45, 2.75) is 25.9 Å². The van der Waals surface area contributed by atoms with Crippen LogP contribution in [0.15, 0.2) is 9.27 Å². The molecule has 84 valence electrons. The lowest BCUT2D eigenvalue weighted by atomic mass is 10.2. The Morgan fingerprint density at radius 2 is 2.33 bits per heavy atom. The molecule has 0 aliphatic rings. The molecule has 0 aromatic carbocycles. The molecule has 1 aromatic heterocycles. The number of aromatic amines is 1. The minimum atomic E-state index is -0.407. The quantitative estimate of drug-likeness (QED) is 0.878. The number of nitrogens with one attached hydrogen (secondary N) is 1. The Morgan fingerprint density at radius 1 is 1.67 bits per heavy atom. The summed E-state index contributed by atoms with van der Waals surface area (Å²) in [5.41, 5.74) is -0.407. The summed E-state index contributed by atoms with van der Waals surface area (Å²) in [6.45, 7) is 2.00. The topological polar surface area (TPSA) is 75.2 Å². The van der Waals surface area contributed by atoms with Crippen LogP contribution in [0.2, 0.25) is 0 Å². The van der Waals surface area contributed by atoms with E-state index >= 15 is 0 Å². The van der Waals surface area contributed by atoms with Gasteiger partial charge in [-0.2, -0.15) is 4.98 Å². The number of ether oxygens (including phenoxy) is 1. The third-order valence-electron chi connectivity index (χ3n) is 2.00. The summed E-state index contributed by atoms with van der Waals surface area (Å²) in [5, 5.41) is 9.36. The molecule has 0 bridgehead atoms. The van der Waals surface area contributed by atoms with E-state index in [0.29, 0.717) is 5.82 Å². The highest BCUT2D eigenvalue weighted by atomic mass is 79.9. The van der Waals surface area contributed by atoms with Crippen molar-refractivity contribution in [3.8, 4) is 5.88 Å². The van der Waals surface area contributed by atoms with Gasteiger partial charge in [-0.05, 0) is 22.4 Å². The first-order valence-corrected chi connectivity index (χ1v) is 5.40. The first-order valence-electron chi connectivity index (χ1n) is 4.61. The Morgan fingerprint density at radius 3 is 2.80 bits per heavy atom. The van der Waals surface area contributed by atoms with Gasteiger partial charge in [0.25, 0.3) is 5.56 Å². The second-order valence-electron chi connectivity index (χ2n) is 3.10. The number of hydrogen-bond donors (Lipinski definition) is 2. The maximum absolute atomic E-state index is 11.3. The van der Waals surface area contributed by atoms with Gasteiger partial charge in [0, 0.05) is 7.11 Å². The van der Waals surface area contributed by atoms with Gasteiger partial charge >= 0.3 is 0 Å². The van der Waals surface area contributed by atoms with Crippen LogP contribution in [0.1, 0.15) is 31.7 Å². The predicted molar refractivity (Wildman–Crippen MR) is 58.9 cm³/mol. The summed E-state index contributed by atoms with van der Waals surface area (Å²) in [5.74, 6) is 0.0388. The minimum Gasteiger partial charge on any atom is -0.492 e. The number of rotatable bonds is 4. The summed E-state index contributed by atoms with van der Waals surface area (Å²) in [4.78, 5) is 17.7. The number of halogens is 1. The summed E-state index contributed by atoms with van der Waals surface area (Å²) in [6, 6.07) is 0. The van der Waals surface area contributed by atoms with E-state index in [4.69, 9.17) is 4.74 Å². The predicted octanol–water partition coefficient (Wildman–Crippen LogP) is 1.73. The molecule has 0 aliphatic carbocycles. The van der Waals surface area contributed by atoms with Crippen LogP contribution in [0.5, 0.6) is 5.88 Å². The first-order chi connectivity index (χ1) is 7.10. The van der Waals surface area contributed by atoms with Crippen molar-refractivity contribution >= 4 is 15.9 Å². The second-order valence-corrected chi connectivity index (χ2v) is 3.89. The molecule has 0 saturated heterocycles. The Kier molecular flexibility index (Phi) is 4.28. The molecule has 1 heterocycles. The first kappa shape index (κ1) is 12.2. The summed E-state index contributed by atoms with van der Waals surface area (Å²) >= 11 is 2.93. The monoisotopic (exact) mass is 276 g/mol. The van der Waals surface area contributed by atoms with Crippen molar-refractivity contribution in [2.24, 2.45) is 0 Å². The van der Waals surface area contributed by atoms with Crippen LogP contribution in [0.3, 0.4) is 0 Å². The van der Waals surface area contributed by atoms with Crippen LogP contribution in [0, 0.1) is 0 Å². The van der Waals surface area contributed by atoms with Crippen LogP contribution in [0.25, 0.3) is 0 Å². The number of aromatic hydroxyl groups is 1. The van der Waals surface area contributed by atoms with E-state index in [0.717, 1.165) is 12.8 Å².